The number of morpholine rings is 1. The summed E-state index contributed by atoms with van der Waals surface area (Å²) >= 11 is 0. The van der Waals surface area contributed by atoms with Gasteiger partial charge >= 0.3 is 0 Å². The molecule has 1 aromatic rings. The first kappa shape index (κ1) is 15.9. The quantitative estimate of drug-likeness (QED) is 0.739. The third-order valence-corrected chi connectivity index (χ3v) is 3.67. The van der Waals surface area contributed by atoms with Gasteiger partial charge in [0, 0.05) is 31.9 Å². The number of benzene rings is 1. The van der Waals surface area contributed by atoms with Gasteiger partial charge in [-0.1, -0.05) is 25.1 Å². The van der Waals surface area contributed by atoms with E-state index in [0.717, 1.165) is 51.5 Å². The fraction of sp³-hybridized carbons (Fsp3) is 0.562. The number of nitrogens with one attached hydrogen (secondary N) is 2. The minimum absolute atomic E-state index is 0.0119. The molecule has 0 unspecified atom stereocenters. The van der Waals surface area contributed by atoms with E-state index in [9.17, 15) is 4.79 Å². The Bertz CT molecular complexity index is 445. The molecule has 1 heterocycles. The lowest BCUT2D eigenvalue weighted by Gasteiger charge is -2.26. The Balaban J connectivity index is 1.65. The van der Waals surface area contributed by atoms with Crippen LogP contribution in [0.4, 0.5) is 5.69 Å². The summed E-state index contributed by atoms with van der Waals surface area (Å²) in [6.45, 7) is 7.82. The van der Waals surface area contributed by atoms with E-state index in [1.165, 1.54) is 5.56 Å². The summed E-state index contributed by atoms with van der Waals surface area (Å²) in [5, 5.41) is 6.16. The average molecular weight is 291 g/mol. The van der Waals surface area contributed by atoms with Crippen molar-refractivity contribution in [1.82, 2.24) is 10.2 Å². The van der Waals surface area contributed by atoms with Crippen LogP contribution in [0, 0.1) is 0 Å². The van der Waals surface area contributed by atoms with E-state index in [2.05, 4.69) is 22.5 Å². The van der Waals surface area contributed by atoms with Crippen molar-refractivity contribution in [2.75, 3.05) is 51.3 Å². The van der Waals surface area contributed by atoms with E-state index >= 15 is 0 Å². The SMILES string of the molecule is CCc1ccccc1NC(=O)CNCCN1CCOCC1. The lowest BCUT2D eigenvalue weighted by Crippen LogP contribution is -2.41. The van der Waals surface area contributed by atoms with E-state index in [-0.39, 0.29) is 5.91 Å². The van der Waals surface area contributed by atoms with Crippen molar-refractivity contribution in [3.8, 4) is 0 Å². The third kappa shape index (κ3) is 5.46. The summed E-state index contributed by atoms with van der Waals surface area (Å²) in [6, 6.07) is 7.93. The average Bonchev–Trinajstić information content (AvgIpc) is 2.53. The van der Waals surface area contributed by atoms with Gasteiger partial charge in [-0.15, -0.1) is 0 Å². The second-order valence-electron chi connectivity index (χ2n) is 5.19. The molecule has 0 radical (unpaired) electrons. The summed E-state index contributed by atoms with van der Waals surface area (Å²) in [7, 11) is 0. The Morgan fingerprint density at radius 3 is 2.81 bits per heavy atom. The molecular weight excluding hydrogens is 266 g/mol. The van der Waals surface area contributed by atoms with Gasteiger partial charge in [0.1, 0.15) is 0 Å². The smallest absolute Gasteiger partial charge is 0.238 e. The molecule has 21 heavy (non-hydrogen) atoms. The highest BCUT2D eigenvalue weighted by atomic mass is 16.5. The maximum Gasteiger partial charge on any atom is 0.238 e. The van der Waals surface area contributed by atoms with Crippen LogP contribution < -0.4 is 10.6 Å². The number of amides is 1. The maximum atomic E-state index is 11.9. The van der Waals surface area contributed by atoms with Crippen LogP contribution >= 0.6 is 0 Å². The Kier molecular flexibility index (Phi) is 6.66. The molecule has 0 spiro atoms. The zero-order valence-corrected chi connectivity index (χ0v) is 12.7. The molecule has 5 heteroatoms. The molecule has 1 aliphatic rings. The molecule has 116 valence electrons. The molecule has 1 aromatic carbocycles. The normalized spacial score (nSPS) is 15.9. The van der Waals surface area contributed by atoms with Gasteiger partial charge in [0.05, 0.1) is 19.8 Å². The number of carbonyl (C=O) groups is 1. The third-order valence-electron chi connectivity index (χ3n) is 3.67. The van der Waals surface area contributed by atoms with Crippen LogP contribution in [0.15, 0.2) is 24.3 Å². The molecular formula is C16H25N3O2. The monoisotopic (exact) mass is 291 g/mol. The Morgan fingerprint density at radius 2 is 2.05 bits per heavy atom. The first-order chi connectivity index (χ1) is 10.3. The number of carbonyl (C=O) groups excluding carboxylic acids is 1. The minimum Gasteiger partial charge on any atom is -0.379 e. The van der Waals surface area contributed by atoms with Crippen molar-refractivity contribution < 1.29 is 9.53 Å². The first-order valence-corrected chi connectivity index (χ1v) is 7.68. The molecule has 0 atom stereocenters. The highest BCUT2D eigenvalue weighted by Gasteiger charge is 2.10. The number of rotatable bonds is 7. The molecule has 0 saturated carbocycles. The Labute approximate surface area is 126 Å². The molecule has 1 fully saturated rings. The van der Waals surface area contributed by atoms with Gasteiger partial charge in [0.25, 0.3) is 0 Å². The van der Waals surface area contributed by atoms with E-state index in [1.807, 2.05) is 24.3 Å². The van der Waals surface area contributed by atoms with Crippen LogP contribution in [0.5, 0.6) is 0 Å². The highest BCUT2D eigenvalue weighted by molar-refractivity contribution is 5.92. The number of anilines is 1. The summed E-state index contributed by atoms with van der Waals surface area (Å²) in [5.41, 5.74) is 2.08. The van der Waals surface area contributed by atoms with Crippen molar-refractivity contribution in [2.24, 2.45) is 0 Å². The van der Waals surface area contributed by atoms with Gasteiger partial charge in [-0.25, -0.2) is 0 Å². The second kappa shape index (κ2) is 8.77. The summed E-state index contributed by atoms with van der Waals surface area (Å²) < 4.78 is 5.31. The van der Waals surface area contributed by atoms with Gasteiger partial charge < -0.3 is 15.4 Å². The topological polar surface area (TPSA) is 53.6 Å². The van der Waals surface area contributed by atoms with Gasteiger partial charge in [0.15, 0.2) is 0 Å². The molecule has 0 bridgehead atoms. The summed E-state index contributed by atoms with van der Waals surface area (Å²) in [6.07, 6.45) is 0.918. The molecule has 2 N–H and O–H groups in total. The van der Waals surface area contributed by atoms with E-state index < -0.39 is 0 Å². The Hall–Kier alpha value is -1.43. The number of ether oxygens (including phenoxy) is 1. The first-order valence-electron chi connectivity index (χ1n) is 7.68. The predicted molar refractivity (Wildman–Crippen MR) is 84.6 cm³/mol. The highest BCUT2D eigenvalue weighted by Crippen LogP contribution is 2.14. The maximum absolute atomic E-state index is 11.9. The lowest BCUT2D eigenvalue weighted by atomic mass is 10.1. The fourth-order valence-corrected chi connectivity index (χ4v) is 2.41. The van der Waals surface area contributed by atoms with Crippen molar-refractivity contribution >= 4 is 11.6 Å². The van der Waals surface area contributed by atoms with Crippen molar-refractivity contribution in [1.29, 1.82) is 0 Å². The van der Waals surface area contributed by atoms with E-state index in [0.29, 0.717) is 6.54 Å². The van der Waals surface area contributed by atoms with Crippen LogP contribution in [-0.2, 0) is 16.0 Å². The van der Waals surface area contributed by atoms with Crippen molar-refractivity contribution in [2.45, 2.75) is 13.3 Å². The number of aryl methyl sites for hydroxylation is 1. The molecule has 1 aliphatic heterocycles. The minimum atomic E-state index is 0.0119. The lowest BCUT2D eigenvalue weighted by molar-refractivity contribution is -0.115. The molecule has 0 aliphatic carbocycles. The second-order valence-corrected chi connectivity index (χ2v) is 5.19. The largest absolute Gasteiger partial charge is 0.379 e. The van der Waals surface area contributed by atoms with Crippen LogP contribution in [0.2, 0.25) is 0 Å². The van der Waals surface area contributed by atoms with Gasteiger partial charge in [-0.2, -0.15) is 0 Å². The molecule has 2 rings (SSSR count). The van der Waals surface area contributed by atoms with Gasteiger partial charge in [-0.3, -0.25) is 9.69 Å². The predicted octanol–water partition coefficient (Wildman–Crippen LogP) is 1.11. The molecule has 1 amide bonds. The van der Waals surface area contributed by atoms with Crippen LogP contribution in [0.25, 0.3) is 0 Å². The van der Waals surface area contributed by atoms with Crippen LogP contribution in [0.3, 0.4) is 0 Å². The molecule has 1 saturated heterocycles. The van der Waals surface area contributed by atoms with Gasteiger partial charge in [0.2, 0.25) is 5.91 Å². The van der Waals surface area contributed by atoms with E-state index in [1.54, 1.807) is 0 Å². The van der Waals surface area contributed by atoms with Crippen LogP contribution in [0.1, 0.15) is 12.5 Å². The van der Waals surface area contributed by atoms with Crippen molar-refractivity contribution in [3.63, 3.8) is 0 Å². The van der Waals surface area contributed by atoms with Crippen molar-refractivity contribution in [3.05, 3.63) is 29.8 Å². The van der Waals surface area contributed by atoms with E-state index in [4.69, 9.17) is 4.74 Å². The molecule has 0 aromatic heterocycles. The fourth-order valence-electron chi connectivity index (χ4n) is 2.41. The zero-order chi connectivity index (χ0) is 14.9. The number of hydrogen-bond donors (Lipinski definition) is 2. The molecule has 5 nitrogen and oxygen atoms in total. The number of hydrogen-bond acceptors (Lipinski definition) is 4. The number of para-hydroxylation sites is 1. The standard InChI is InChI=1S/C16H25N3O2/c1-2-14-5-3-4-6-15(14)18-16(20)13-17-7-8-19-9-11-21-12-10-19/h3-6,17H,2,7-13H2,1H3,(H,18,20). The van der Waals surface area contributed by atoms with Gasteiger partial charge in [-0.05, 0) is 18.1 Å². The summed E-state index contributed by atoms with van der Waals surface area (Å²) in [4.78, 5) is 14.3. The summed E-state index contributed by atoms with van der Waals surface area (Å²) in [5.74, 6) is 0.0119. The number of nitrogens with zero attached hydrogens (tertiary/aromatic N) is 1. The zero-order valence-electron chi connectivity index (χ0n) is 12.7. The Morgan fingerprint density at radius 1 is 1.29 bits per heavy atom. The van der Waals surface area contributed by atoms with Crippen LogP contribution in [-0.4, -0.2) is 56.7 Å².